The molecule has 24 heavy (non-hydrogen) atoms. The van der Waals surface area contributed by atoms with E-state index in [2.05, 4.69) is 9.97 Å². The number of carbonyl (C=O) groups is 2. The zero-order chi connectivity index (χ0) is 16.9. The Kier molecular flexibility index (Phi) is 5.27. The molecule has 2 fully saturated rings. The van der Waals surface area contributed by atoms with Gasteiger partial charge >= 0.3 is 0 Å². The van der Waals surface area contributed by atoms with Crippen molar-refractivity contribution in [3.05, 3.63) is 18.1 Å². The maximum absolute atomic E-state index is 12.4. The first kappa shape index (κ1) is 16.7. The van der Waals surface area contributed by atoms with Gasteiger partial charge in [0.25, 0.3) is 5.91 Å². The molecule has 1 aliphatic carbocycles. The van der Waals surface area contributed by atoms with Gasteiger partial charge in [0, 0.05) is 45.0 Å². The molecule has 1 aromatic heterocycles. The van der Waals surface area contributed by atoms with Crippen LogP contribution in [0.3, 0.4) is 0 Å². The number of anilines is 1. The van der Waals surface area contributed by atoms with Gasteiger partial charge in [0.15, 0.2) is 11.5 Å². The smallest absolute Gasteiger partial charge is 0.276 e. The van der Waals surface area contributed by atoms with E-state index < -0.39 is 0 Å². The monoisotopic (exact) mass is 331 g/mol. The molecule has 7 heteroatoms. The van der Waals surface area contributed by atoms with Gasteiger partial charge in [-0.2, -0.15) is 0 Å². The number of carbonyl (C=O) groups excluding carboxylic acids is 2. The molecule has 0 unspecified atom stereocenters. The van der Waals surface area contributed by atoms with Gasteiger partial charge in [0.2, 0.25) is 5.91 Å². The summed E-state index contributed by atoms with van der Waals surface area (Å²) >= 11 is 0. The minimum absolute atomic E-state index is 0.151. The van der Waals surface area contributed by atoms with E-state index >= 15 is 0 Å². The molecule has 2 aliphatic rings. The number of nitrogens with zero attached hydrogens (tertiary/aromatic N) is 4. The molecule has 130 valence electrons. The number of nitrogens with two attached hydrogens (primary N) is 1. The summed E-state index contributed by atoms with van der Waals surface area (Å²) in [5.41, 5.74) is 5.91. The Hall–Kier alpha value is -2.18. The molecule has 0 spiro atoms. The van der Waals surface area contributed by atoms with Gasteiger partial charge in [-0.25, -0.2) is 9.97 Å². The molecule has 1 saturated carbocycles. The van der Waals surface area contributed by atoms with E-state index in [1.54, 1.807) is 4.90 Å². The normalized spacial score (nSPS) is 18.8. The van der Waals surface area contributed by atoms with Gasteiger partial charge in [-0.3, -0.25) is 9.59 Å². The molecule has 1 aliphatic heterocycles. The van der Waals surface area contributed by atoms with Gasteiger partial charge in [-0.05, 0) is 12.3 Å². The number of aromatic nitrogens is 2. The van der Waals surface area contributed by atoms with Gasteiger partial charge in [0.05, 0.1) is 0 Å². The van der Waals surface area contributed by atoms with Gasteiger partial charge in [0.1, 0.15) is 0 Å². The summed E-state index contributed by atoms with van der Waals surface area (Å²) in [7, 11) is 0. The van der Waals surface area contributed by atoms with Crippen LogP contribution in [0, 0.1) is 5.92 Å². The summed E-state index contributed by atoms with van der Waals surface area (Å²) in [5.74, 6) is 0.890. The van der Waals surface area contributed by atoms with Crippen molar-refractivity contribution in [1.82, 2.24) is 19.8 Å². The van der Waals surface area contributed by atoms with E-state index in [0.717, 1.165) is 12.3 Å². The van der Waals surface area contributed by atoms with Crippen molar-refractivity contribution in [3.8, 4) is 0 Å². The molecule has 2 amide bonds. The Labute approximate surface area is 142 Å². The van der Waals surface area contributed by atoms with E-state index in [4.69, 9.17) is 5.73 Å². The fourth-order valence-electron chi connectivity index (χ4n) is 3.61. The molecule has 1 saturated heterocycles. The van der Waals surface area contributed by atoms with Crippen molar-refractivity contribution in [1.29, 1.82) is 0 Å². The molecule has 2 heterocycles. The Morgan fingerprint density at radius 2 is 1.67 bits per heavy atom. The van der Waals surface area contributed by atoms with Crippen molar-refractivity contribution < 1.29 is 9.59 Å². The molecule has 0 bridgehead atoms. The summed E-state index contributed by atoms with van der Waals surface area (Å²) in [4.78, 5) is 36.3. The molecule has 0 atom stereocenters. The summed E-state index contributed by atoms with van der Waals surface area (Å²) in [6, 6.07) is 0. The van der Waals surface area contributed by atoms with Gasteiger partial charge in [-0.1, -0.05) is 25.7 Å². The van der Waals surface area contributed by atoms with Crippen LogP contribution in [0.2, 0.25) is 0 Å². The van der Waals surface area contributed by atoms with Crippen LogP contribution in [0.1, 0.15) is 49.0 Å². The Balaban J connectivity index is 1.47. The average molecular weight is 331 g/mol. The highest BCUT2D eigenvalue weighted by Gasteiger charge is 2.27. The summed E-state index contributed by atoms with van der Waals surface area (Å²) in [6.45, 7) is 2.19. The maximum Gasteiger partial charge on any atom is 0.276 e. The summed E-state index contributed by atoms with van der Waals surface area (Å²) in [6.07, 6.45) is 9.74. The molecule has 0 aromatic carbocycles. The molecule has 0 radical (unpaired) electrons. The van der Waals surface area contributed by atoms with Crippen LogP contribution in [0.25, 0.3) is 0 Å². The minimum atomic E-state index is -0.210. The van der Waals surface area contributed by atoms with Crippen molar-refractivity contribution >= 4 is 17.6 Å². The van der Waals surface area contributed by atoms with Crippen molar-refractivity contribution in [2.75, 3.05) is 31.9 Å². The minimum Gasteiger partial charge on any atom is -0.382 e. The third-order valence-electron chi connectivity index (χ3n) is 5.09. The van der Waals surface area contributed by atoms with Crippen LogP contribution in [0.15, 0.2) is 12.4 Å². The highest BCUT2D eigenvalue weighted by Crippen LogP contribution is 2.28. The zero-order valence-corrected chi connectivity index (χ0v) is 14.0. The fourth-order valence-corrected chi connectivity index (χ4v) is 3.61. The first-order valence-electron chi connectivity index (χ1n) is 8.78. The van der Waals surface area contributed by atoms with E-state index in [1.807, 2.05) is 4.90 Å². The predicted molar refractivity (Wildman–Crippen MR) is 90.1 cm³/mol. The second-order valence-corrected chi connectivity index (χ2v) is 6.65. The molecule has 3 rings (SSSR count). The lowest BCUT2D eigenvalue weighted by Crippen LogP contribution is -2.50. The van der Waals surface area contributed by atoms with Crippen LogP contribution in [0.5, 0.6) is 0 Å². The molecule has 1 aromatic rings. The number of hydrogen-bond donors (Lipinski definition) is 1. The van der Waals surface area contributed by atoms with E-state index in [1.165, 1.54) is 38.1 Å². The average Bonchev–Trinajstić information content (AvgIpc) is 3.13. The topological polar surface area (TPSA) is 92.4 Å². The highest BCUT2D eigenvalue weighted by molar-refractivity contribution is 5.96. The van der Waals surface area contributed by atoms with E-state index in [0.29, 0.717) is 32.6 Å². The number of hydrogen-bond acceptors (Lipinski definition) is 5. The van der Waals surface area contributed by atoms with Gasteiger partial charge in [-0.15, -0.1) is 0 Å². The molecular weight excluding hydrogens is 306 g/mol. The number of amides is 2. The second kappa shape index (κ2) is 7.59. The summed E-state index contributed by atoms with van der Waals surface area (Å²) in [5, 5.41) is 0. The SMILES string of the molecule is Nc1nccnc1C(=O)N1CCN(C(=O)CCC2CCCC2)CC1. The predicted octanol–water partition coefficient (Wildman–Crippen LogP) is 1.31. The van der Waals surface area contributed by atoms with Crippen molar-refractivity contribution in [2.45, 2.75) is 38.5 Å². The standard InChI is InChI=1S/C17H25N5O2/c18-16-15(19-7-8-20-16)17(24)22-11-9-21(10-12-22)14(23)6-5-13-3-1-2-4-13/h7-8,13H,1-6,9-12H2,(H2,18,20). The zero-order valence-electron chi connectivity index (χ0n) is 14.0. The third kappa shape index (κ3) is 3.83. The Bertz CT molecular complexity index is 592. The molecule has 2 N–H and O–H groups in total. The first-order chi connectivity index (χ1) is 11.6. The van der Waals surface area contributed by atoms with Gasteiger partial charge < -0.3 is 15.5 Å². The highest BCUT2D eigenvalue weighted by atomic mass is 16.2. The molecule has 7 nitrogen and oxygen atoms in total. The summed E-state index contributed by atoms with van der Waals surface area (Å²) < 4.78 is 0. The maximum atomic E-state index is 12.4. The Morgan fingerprint density at radius 3 is 2.33 bits per heavy atom. The van der Waals surface area contributed by atoms with Crippen LogP contribution in [-0.4, -0.2) is 57.8 Å². The lowest BCUT2D eigenvalue weighted by Gasteiger charge is -2.34. The van der Waals surface area contributed by atoms with Crippen LogP contribution in [0.4, 0.5) is 5.82 Å². The van der Waals surface area contributed by atoms with Crippen LogP contribution < -0.4 is 5.73 Å². The second-order valence-electron chi connectivity index (χ2n) is 6.65. The lowest BCUT2D eigenvalue weighted by atomic mass is 10.0. The quantitative estimate of drug-likeness (QED) is 0.898. The number of nitrogen functional groups attached to an aromatic ring is 1. The van der Waals surface area contributed by atoms with E-state index in [9.17, 15) is 9.59 Å². The van der Waals surface area contributed by atoms with Crippen molar-refractivity contribution in [2.24, 2.45) is 5.92 Å². The largest absolute Gasteiger partial charge is 0.382 e. The van der Waals surface area contributed by atoms with E-state index in [-0.39, 0.29) is 23.3 Å². The Morgan fingerprint density at radius 1 is 1.04 bits per heavy atom. The van der Waals surface area contributed by atoms with Crippen LogP contribution in [-0.2, 0) is 4.79 Å². The number of piperazine rings is 1. The first-order valence-corrected chi connectivity index (χ1v) is 8.78. The van der Waals surface area contributed by atoms with Crippen molar-refractivity contribution in [3.63, 3.8) is 0 Å². The fraction of sp³-hybridized carbons (Fsp3) is 0.647. The lowest BCUT2D eigenvalue weighted by molar-refractivity contribution is -0.133. The molecular formula is C17H25N5O2. The number of rotatable bonds is 4. The van der Waals surface area contributed by atoms with Crippen LogP contribution >= 0.6 is 0 Å². The third-order valence-corrected chi connectivity index (χ3v) is 5.09.